The van der Waals surface area contributed by atoms with Gasteiger partial charge in [0.1, 0.15) is 5.82 Å². The van der Waals surface area contributed by atoms with E-state index in [1.807, 2.05) is 6.92 Å². The molecule has 7 heteroatoms. The average molecular weight is 298 g/mol. The van der Waals surface area contributed by atoms with Crippen LogP contribution in [0.5, 0.6) is 0 Å². The molecule has 0 saturated heterocycles. The second-order valence-corrected chi connectivity index (χ2v) is 6.16. The van der Waals surface area contributed by atoms with Crippen LogP contribution >= 0.6 is 0 Å². The molecule has 0 saturated carbocycles. The van der Waals surface area contributed by atoms with Crippen molar-refractivity contribution in [2.75, 3.05) is 0 Å². The highest BCUT2D eigenvalue weighted by molar-refractivity contribution is 7.88. The Kier molecular flexibility index (Phi) is 4.51. The van der Waals surface area contributed by atoms with Gasteiger partial charge in [0.15, 0.2) is 5.76 Å². The van der Waals surface area contributed by atoms with E-state index >= 15 is 0 Å². The summed E-state index contributed by atoms with van der Waals surface area (Å²) < 4.78 is 44.1. The molecule has 0 amide bonds. The van der Waals surface area contributed by atoms with E-state index < -0.39 is 15.8 Å². The van der Waals surface area contributed by atoms with E-state index in [1.54, 1.807) is 12.1 Å². The zero-order valence-corrected chi connectivity index (χ0v) is 11.8. The minimum Gasteiger partial charge on any atom is -0.360 e. The van der Waals surface area contributed by atoms with Crippen molar-refractivity contribution in [3.63, 3.8) is 0 Å². The molecular formula is C13H15FN2O3S. The number of sulfonamides is 1. The summed E-state index contributed by atoms with van der Waals surface area (Å²) in [5.74, 6) is -0.287. The number of nitrogens with one attached hydrogen (secondary N) is 1. The number of halogens is 1. The maximum atomic E-state index is 13.0. The molecule has 1 aromatic carbocycles. The number of hydrogen-bond acceptors (Lipinski definition) is 4. The normalized spacial score (nSPS) is 11.7. The van der Waals surface area contributed by atoms with Crippen molar-refractivity contribution in [2.24, 2.45) is 0 Å². The van der Waals surface area contributed by atoms with Gasteiger partial charge in [0, 0.05) is 6.07 Å². The van der Waals surface area contributed by atoms with Crippen LogP contribution in [-0.4, -0.2) is 13.6 Å². The summed E-state index contributed by atoms with van der Waals surface area (Å²) in [5, 5.41) is 3.77. The molecule has 0 atom stereocenters. The van der Waals surface area contributed by atoms with Gasteiger partial charge in [-0.3, -0.25) is 0 Å². The third-order valence-corrected chi connectivity index (χ3v) is 3.98. The van der Waals surface area contributed by atoms with E-state index in [9.17, 15) is 12.8 Å². The smallest absolute Gasteiger partial charge is 0.216 e. The first-order valence-corrected chi connectivity index (χ1v) is 7.80. The maximum Gasteiger partial charge on any atom is 0.216 e. The summed E-state index contributed by atoms with van der Waals surface area (Å²) in [6.07, 6.45) is 0.722. The van der Waals surface area contributed by atoms with E-state index in [0.717, 1.165) is 12.1 Å². The fraction of sp³-hybridized carbons (Fsp3) is 0.308. The van der Waals surface area contributed by atoms with Gasteiger partial charge in [-0.25, -0.2) is 17.5 Å². The summed E-state index contributed by atoms with van der Waals surface area (Å²) in [7, 11) is -3.55. The predicted octanol–water partition coefficient (Wildman–Crippen LogP) is 2.00. The lowest BCUT2D eigenvalue weighted by atomic mass is 10.2. The van der Waals surface area contributed by atoms with Crippen LogP contribution in [0.4, 0.5) is 4.39 Å². The standard InChI is InChI=1S/C13H15FN2O3S/c1-2-12-7-13(19-16-12)8-15-20(17,18)9-10-4-3-5-11(14)6-10/h3-7,15H,2,8-9H2,1H3. The van der Waals surface area contributed by atoms with Gasteiger partial charge in [-0.1, -0.05) is 24.2 Å². The summed E-state index contributed by atoms with van der Waals surface area (Å²) in [5.41, 5.74) is 1.16. The lowest BCUT2D eigenvalue weighted by molar-refractivity contribution is 0.375. The third-order valence-electron chi connectivity index (χ3n) is 2.68. The monoisotopic (exact) mass is 298 g/mol. The van der Waals surface area contributed by atoms with Crippen LogP contribution in [0.3, 0.4) is 0 Å². The quantitative estimate of drug-likeness (QED) is 0.885. The topological polar surface area (TPSA) is 72.2 Å². The van der Waals surface area contributed by atoms with Crippen molar-refractivity contribution in [3.8, 4) is 0 Å². The summed E-state index contributed by atoms with van der Waals surface area (Å²) >= 11 is 0. The Balaban J connectivity index is 1.97. The predicted molar refractivity (Wildman–Crippen MR) is 71.7 cm³/mol. The Morgan fingerprint density at radius 2 is 2.15 bits per heavy atom. The van der Waals surface area contributed by atoms with Crippen molar-refractivity contribution in [2.45, 2.75) is 25.6 Å². The van der Waals surface area contributed by atoms with Crippen LogP contribution in [0, 0.1) is 5.82 Å². The first kappa shape index (κ1) is 14.7. The molecule has 1 heterocycles. The molecule has 1 aromatic heterocycles. The average Bonchev–Trinajstić information content (AvgIpc) is 2.84. The number of hydrogen-bond donors (Lipinski definition) is 1. The van der Waals surface area contributed by atoms with Crippen molar-refractivity contribution < 1.29 is 17.3 Å². The van der Waals surface area contributed by atoms with Gasteiger partial charge in [0.05, 0.1) is 18.0 Å². The molecule has 0 aliphatic rings. The SMILES string of the molecule is CCc1cc(CNS(=O)(=O)Cc2cccc(F)c2)on1. The van der Waals surface area contributed by atoms with Crippen molar-refractivity contribution >= 4 is 10.0 Å². The molecule has 5 nitrogen and oxygen atoms in total. The number of nitrogens with zero attached hydrogens (tertiary/aromatic N) is 1. The van der Waals surface area contributed by atoms with Gasteiger partial charge >= 0.3 is 0 Å². The Bertz CT molecular complexity index is 682. The van der Waals surface area contributed by atoms with Crippen LogP contribution in [0.15, 0.2) is 34.9 Å². The van der Waals surface area contributed by atoms with E-state index in [0.29, 0.717) is 11.3 Å². The molecule has 1 N–H and O–H groups in total. The molecular weight excluding hydrogens is 283 g/mol. The van der Waals surface area contributed by atoms with Crippen molar-refractivity contribution in [3.05, 3.63) is 53.2 Å². The van der Waals surface area contributed by atoms with Crippen LogP contribution < -0.4 is 4.72 Å². The second kappa shape index (κ2) is 6.15. The summed E-state index contributed by atoms with van der Waals surface area (Å²) in [6, 6.07) is 7.20. The molecule has 0 fully saturated rings. The minimum atomic E-state index is -3.55. The number of benzene rings is 1. The summed E-state index contributed by atoms with van der Waals surface area (Å²) in [6.45, 7) is 1.96. The molecule has 0 aliphatic carbocycles. The highest BCUT2D eigenvalue weighted by Gasteiger charge is 2.13. The molecule has 0 bridgehead atoms. The van der Waals surface area contributed by atoms with E-state index in [2.05, 4.69) is 9.88 Å². The molecule has 20 heavy (non-hydrogen) atoms. The van der Waals surface area contributed by atoms with Gasteiger partial charge in [-0.2, -0.15) is 0 Å². The first-order valence-electron chi connectivity index (χ1n) is 6.15. The van der Waals surface area contributed by atoms with E-state index in [1.165, 1.54) is 18.2 Å². The zero-order chi connectivity index (χ0) is 14.6. The fourth-order valence-corrected chi connectivity index (χ4v) is 2.77. The van der Waals surface area contributed by atoms with Gasteiger partial charge in [0.2, 0.25) is 10.0 Å². The van der Waals surface area contributed by atoms with Crippen LogP contribution in [-0.2, 0) is 28.7 Å². The molecule has 0 aliphatic heterocycles. The highest BCUT2D eigenvalue weighted by Crippen LogP contribution is 2.09. The van der Waals surface area contributed by atoms with E-state index in [-0.39, 0.29) is 12.3 Å². The Labute approximate surface area is 116 Å². The number of rotatable bonds is 6. The molecule has 108 valence electrons. The molecule has 0 spiro atoms. The van der Waals surface area contributed by atoms with Crippen molar-refractivity contribution in [1.82, 2.24) is 9.88 Å². The third kappa shape index (κ3) is 4.14. The number of aromatic nitrogens is 1. The zero-order valence-electron chi connectivity index (χ0n) is 11.0. The minimum absolute atomic E-state index is 0.0324. The number of aryl methyl sites for hydroxylation is 1. The Morgan fingerprint density at radius 1 is 1.35 bits per heavy atom. The maximum absolute atomic E-state index is 13.0. The van der Waals surface area contributed by atoms with Gasteiger partial charge in [-0.05, 0) is 24.1 Å². The Hall–Kier alpha value is -1.73. The summed E-state index contributed by atoms with van der Waals surface area (Å²) in [4.78, 5) is 0. The molecule has 0 radical (unpaired) electrons. The fourth-order valence-electron chi connectivity index (χ4n) is 1.68. The van der Waals surface area contributed by atoms with Crippen LogP contribution in [0.2, 0.25) is 0 Å². The second-order valence-electron chi connectivity index (χ2n) is 4.35. The van der Waals surface area contributed by atoms with E-state index in [4.69, 9.17) is 4.52 Å². The van der Waals surface area contributed by atoms with Gasteiger partial charge in [-0.15, -0.1) is 0 Å². The molecule has 2 aromatic rings. The molecule has 2 rings (SSSR count). The first-order chi connectivity index (χ1) is 9.48. The van der Waals surface area contributed by atoms with Gasteiger partial charge < -0.3 is 4.52 Å². The van der Waals surface area contributed by atoms with Crippen molar-refractivity contribution in [1.29, 1.82) is 0 Å². The largest absolute Gasteiger partial charge is 0.360 e. The molecule has 0 unspecified atom stereocenters. The lowest BCUT2D eigenvalue weighted by Gasteiger charge is -2.05. The lowest BCUT2D eigenvalue weighted by Crippen LogP contribution is -2.24. The van der Waals surface area contributed by atoms with Gasteiger partial charge in [0.25, 0.3) is 0 Å². The Morgan fingerprint density at radius 3 is 2.80 bits per heavy atom. The highest BCUT2D eigenvalue weighted by atomic mass is 32.2. The van der Waals surface area contributed by atoms with Crippen LogP contribution in [0.1, 0.15) is 23.9 Å². The van der Waals surface area contributed by atoms with Crippen LogP contribution in [0.25, 0.3) is 0 Å².